The highest BCUT2D eigenvalue weighted by Gasteiger charge is 2.36. The van der Waals surface area contributed by atoms with Gasteiger partial charge in [-0.15, -0.1) is 23.4 Å². The summed E-state index contributed by atoms with van der Waals surface area (Å²) in [5.41, 5.74) is 1.59. The highest BCUT2D eigenvalue weighted by molar-refractivity contribution is 6.30. The fourth-order valence-electron chi connectivity index (χ4n) is 4.23. The van der Waals surface area contributed by atoms with E-state index < -0.39 is 24.2 Å². The monoisotopic (exact) mass is 612 g/mol. The zero-order chi connectivity index (χ0) is 30.9. The molecular formula is C27H24ClF3N10O2. The summed E-state index contributed by atoms with van der Waals surface area (Å²) < 4.78 is 43.3. The number of alkyl halides is 3. The number of tetrazole rings is 1. The van der Waals surface area contributed by atoms with E-state index >= 15 is 0 Å². The summed E-state index contributed by atoms with van der Waals surface area (Å²) in [5, 5.41) is 32.9. The van der Waals surface area contributed by atoms with Crippen LogP contribution in [0.3, 0.4) is 0 Å². The van der Waals surface area contributed by atoms with Crippen molar-refractivity contribution in [2.75, 3.05) is 18.0 Å². The van der Waals surface area contributed by atoms with Crippen molar-refractivity contribution in [2.45, 2.75) is 38.7 Å². The van der Waals surface area contributed by atoms with Crippen LogP contribution in [-0.4, -0.2) is 66.2 Å². The molecule has 2 aromatic carbocycles. The van der Waals surface area contributed by atoms with Gasteiger partial charge in [0.05, 0.1) is 35.6 Å². The predicted octanol–water partition coefficient (Wildman–Crippen LogP) is 5.25. The summed E-state index contributed by atoms with van der Waals surface area (Å²) in [6, 6.07) is 12.2. The lowest BCUT2D eigenvalue weighted by molar-refractivity contribution is -0.274. The maximum atomic E-state index is 13.7. The summed E-state index contributed by atoms with van der Waals surface area (Å²) >= 11 is 6.09. The van der Waals surface area contributed by atoms with E-state index in [0.29, 0.717) is 27.7 Å². The van der Waals surface area contributed by atoms with Gasteiger partial charge in [0, 0.05) is 22.5 Å². The van der Waals surface area contributed by atoms with Crippen molar-refractivity contribution in [1.29, 1.82) is 5.26 Å². The fourth-order valence-corrected chi connectivity index (χ4v) is 4.36. The summed E-state index contributed by atoms with van der Waals surface area (Å²) in [7, 11) is 0. The molecule has 0 aliphatic carbocycles. The molecule has 2 amide bonds. The number of aromatic nitrogens is 6. The first-order valence-electron chi connectivity index (χ1n) is 12.8. The molecule has 0 saturated carbocycles. The quantitative estimate of drug-likeness (QED) is 0.272. The number of amides is 2. The molecule has 16 heteroatoms. The van der Waals surface area contributed by atoms with E-state index in [1.165, 1.54) is 21.9 Å². The third kappa shape index (κ3) is 6.59. The molecule has 222 valence electrons. The van der Waals surface area contributed by atoms with E-state index in [9.17, 15) is 23.2 Å². The highest BCUT2D eigenvalue weighted by atomic mass is 35.5. The Labute approximate surface area is 248 Å². The number of hydrazone groups is 1. The molecule has 12 nitrogen and oxygen atoms in total. The van der Waals surface area contributed by atoms with Crippen LogP contribution in [0.5, 0.6) is 5.75 Å². The molecule has 4 aromatic rings. The van der Waals surface area contributed by atoms with Crippen molar-refractivity contribution < 1.29 is 22.7 Å². The maximum Gasteiger partial charge on any atom is 0.573 e. The largest absolute Gasteiger partial charge is 0.573 e. The number of hydrogen-bond donors (Lipinski definition) is 0. The number of anilines is 1. The van der Waals surface area contributed by atoms with Crippen LogP contribution < -0.4 is 9.64 Å². The number of urea groups is 1. The average Bonchev–Trinajstić information content (AvgIpc) is 3.71. The molecule has 0 N–H and O–H groups in total. The number of benzene rings is 2. The highest BCUT2D eigenvalue weighted by Crippen LogP contribution is 2.30. The number of carbonyl (C=O) groups is 1. The van der Waals surface area contributed by atoms with Gasteiger partial charge in [0.25, 0.3) is 0 Å². The number of nitriles is 1. The van der Waals surface area contributed by atoms with Gasteiger partial charge in [-0.05, 0) is 62.4 Å². The summed E-state index contributed by atoms with van der Waals surface area (Å²) in [4.78, 5) is 16.3. The third-order valence-electron chi connectivity index (χ3n) is 6.29. The van der Waals surface area contributed by atoms with E-state index in [1.807, 2.05) is 26.8 Å². The van der Waals surface area contributed by atoms with Crippen molar-refractivity contribution in [2.24, 2.45) is 5.10 Å². The Hall–Kier alpha value is -4.97. The van der Waals surface area contributed by atoms with Gasteiger partial charge in [-0.25, -0.2) is 9.80 Å². The Kier molecular flexibility index (Phi) is 7.80. The number of rotatable bonds is 6. The first kappa shape index (κ1) is 29.5. The molecule has 1 atom stereocenters. The number of hydrogen-bond acceptors (Lipinski definition) is 8. The smallest absolute Gasteiger partial charge is 0.406 e. The second-order valence-corrected chi connectivity index (χ2v) is 10.9. The molecule has 3 heterocycles. The number of carbonyl (C=O) groups excluding carboxylic acids is 1. The molecule has 1 aliphatic heterocycles. The SMILES string of the molecule is CC(C)(C)n1nnc(-c2cnn(C3CN(C(=O)N(CC#N)c4ccc(OC(F)(F)F)cc4)N=C3c3ccc(Cl)cc3)c2)n1. The van der Waals surface area contributed by atoms with Gasteiger partial charge >= 0.3 is 12.4 Å². The first-order chi connectivity index (χ1) is 20.3. The summed E-state index contributed by atoms with van der Waals surface area (Å²) in [5.74, 6) is -0.0911. The molecule has 0 fully saturated rings. The average molecular weight is 613 g/mol. The predicted molar refractivity (Wildman–Crippen MR) is 149 cm³/mol. The summed E-state index contributed by atoms with van der Waals surface area (Å²) in [6.07, 6.45) is -1.56. The number of nitrogens with zero attached hydrogens (tertiary/aromatic N) is 10. The van der Waals surface area contributed by atoms with Gasteiger partial charge in [0.15, 0.2) is 0 Å². The van der Waals surface area contributed by atoms with Crippen LogP contribution in [0.25, 0.3) is 11.4 Å². The van der Waals surface area contributed by atoms with Crippen LogP contribution in [0.15, 0.2) is 66.0 Å². The van der Waals surface area contributed by atoms with Crippen LogP contribution in [0.4, 0.5) is 23.7 Å². The Morgan fingerprint density at radius 2 is 1.81 bits per heavy atom. The molecular weight excluding hydrogens is 589 g/mol. The lowest BCUT2D eigenvalue weighted by atomic mass is 10.0. The standard InChI is InChI=1S/C27H24ClF3N10O2/c1-26(2,3)41-36-24(34-37-41)18-14-33-39(15-18)22-16-40(35-23(22)17-4-6-19(28)7-5-17)25(42)38(13-12-32)20-8-10-21(11-9-20)43-27(29,30)31/h4-11,14-15,22H,13,16H2,1-3H3. The van der Waals surface area contributed by atoms with E-state index in [2.05, 4.69) is 30.3 Å². The van der Waals surface area contributed by atoms with Gasteiger partial charge in [0.1, 0.15) is 18.3 Å². The molecule has 1 unspecified atom stereocenters. The van der Waals surface area contributed by atoms with Gasteiger partial charge in [-0.2, -0.15) is 20.3 Å². The summed E-state index contributed by atoms with van der Waals surface area (Å²) in [6.45, 7) is 5.49. The van der Waals surface area contributed by atoms with Crippen LogP contribution in [0.2, 0.25) is 5.02 Å². The van der Waals surface area contributed by atoms with Crippen molar-refractivity contribution in [3.8, 4) is 23.2 Å². The fraction of sp³-hybridized carbons (Fsp3) is 0.296. The van der Waals surface area contributed by atoms with Gasteiger partial charge < -0.3 is 4.74 Å². The topological polar surface area (TPSA) is 130 Å². The van der Waals surface area contributed by atoms with E-state index in [0.717, 1.165) is 17.0 Å². The Morgan fingerprint density at radius 3 is 2.42 bits per heavy atom. The van der Waals surface area contributed by atoms with Gasteiger partial charge in [0.2, 0.25) is 5.82 Å². The molecule has 43 heavy (non-hydrogen) atoms. The van der Waals surface area contributed by atoms with Crippen molar-refractivity contribution in [1.82, 2.24) is 35.0 Å². The molecule has 2 aromatic heterocycles. The zero-order valence-electron chi connectivity index (χ0n) is 23.1. The normalized spacial score (nSPS) is 15.3. The van der Waals surface area contributed by atoms with E-state index in [1.54, 1.807) is 41.3 Å². The van der Waals surface area contributed by atoms with Crippen LogP contribution in [0, 0.1) is 11.3 Å². The Morgan fingerprint density at radius 1 is 1.12 bits per heavy atom. The lowest BCUT2D eigenvalue weighted by Crippen LogP contribution is -2.41. The maximum absolute atomic E-state index is 13.7. The van der Waals surface area contributed by atoms with E-state index in [-0.39, 0.29) is 24.3 Å². The van der Waals surface area contributed by atoms with Crippen molar-refractivity contribution in [3.63, 3.8) is 0 Å². The number of ether oxygens (including phenoxy) is 1. The zero-order valence-corrected chi connectivity index (χ0v) is 23.8. The van der Waals surface area contributed by atoms with Gasteiger partial charge in [-0.1, -0.05) is 23.7 Å². The van der Waals surface area contributed by atoms with Crippen molar-refractivity contribution >= 4 is 29.0 Å². The molecule has 0 radical (unpaired) electrons. The second kappa shape index (κ2) is 11.4. The van der Waals surface area contributed by atoms with Crippen molar-refractivity contribution in [3.05, 3.63) is 71.5 Å². The van der Waals surface area contributed by atoms with Gasteiger partial charge in [-0.3, -0.25) is 9.58 Å². The Balaban J connectivity index is 1.45. The minimum absolute atomic E-state index is 0.0389. The van der Waals surface area contributed by atoms with E-state index in [4.69, 9.17) is 11.6 Å². The molecule has 1 aliphatic rings. The molecule has 0 spiro atoms. The first-order valence-corrected chi connectivity index (χ1v) is 13.2. The third-order valence-corrected chi connectivity index (χ3v) is 6.54. The Bertz CT molecular complexity index is 1690. The minimum Gasteiger partial charge on any atom is -0.406 e. The van der Waals surface area contributed by atoms with Crippen LogP contribution >= 0.6 is 11.6 Å². The van der Waals surface area contributed by atoms with Crippen LogP contribution in [-0.2, 0) is 5.54 Å². The molecule has 0 saturated heterocycles. The molecule has 0 bridgehead atoms. The van der Waals surface area contributed by atoms with Crippen LogP contribution in [0.1, 0.15) is 32.4 Å². The second-order valence-electron chi connectivity index (χ2n) is 10.4. The minimum atomic E-state index is -4.87. The lowest BCUT2D eigenvalue weighted by Gasteiger charge is -2.24. The number of halogens is 4. The molecule has 5 rings (SSSR count).